The Bertz CT molecular complexity index is 933. The van der Waals surface area contributed by atoms with Crippen molar-refractivity contribution >= 4 is 5.91 Å². The number of nitrogens with one attached hydrogen (secondary N) is 1. The molecule has 3 rings (SSSR count). The Balaban J connectivity index is 1.72. The summed E-state index contributed by atoms with van der Waals surface area (Å²) in [6, 6.07) is 12.1. The Morgan fingerprint density at radius 3 is 2.45 bits per heavy atom. The SMILES string of the molecule is O=C(NN(CCc1cccc(C(F)(F)F)c1)Cc1ccncc1)c1cccnc1. The van der Waals surface area contributed by atoms with Crippen LogP contribution in [0.15, 0.2) is 73.3 Å². The highest BCUT2D eigenvalue weighted by Crippen LogP contribution is 2.29. The van der Waals surface area contributed by atoms with Gasteiger partial charge < -0.3 is 0 Å². The lowest BCUT2D eigenvalue weighted by Crippen LogP contribution is -2.42. The number of benzene rings is 1. The Kier molecular flexibility index (Phi) is 6.56. The van der Waals surface area contributed by atoms with E-state index in [4.69, 9.17) is 0 Å². The predicted molar refractivity (Wildman–Crippen MR) is 101 cm³/mol. The van der Waals surface area contributed by atoms with Crippen molar-refractivity contribution in [1.82, 2.24) is 20.4 Å². The van der Waals surface area contributed by atoms with Crippen molar-refractivity contribution in [3.05, 3.63) is 95.6 Å². The van der Waals surface area contributed by atoms with E-state index < -0.39 is 11.7 Å². The maximum absolute atomic E-state index is 12.9. The molecule has 29 heavy (non-hydrogen) atoms. The molecule has 0 atom stereocenters. The van der Waals surface area contributed by atoms with Crippen LogP contribution < -0.4 is 5.43 Å². The Morgan fingerprint density at radius 1 is 0.966 bits per heavy atom. The highest BCUT2D eigenvalue weighted by Gasteiger charge is 2.30. The highest BCUT2D eigenvalue weighted by molar-refractivity contribution is 5.93. The van der Waals surface area contributed by atoms with Crippen molar-refractivity contribution in [1.29, 1.82) is 0 Å². The first-order valence-electron chi connectivity index (χ1n) is 8.93. The van der Waals surface area contributed by atoms with Crippen LogP contribution in [-0.2, 0) is 19.1 Å². The van der Waals surface area contributed by atoms with E-state index in [1.807, 2.05) is 12.1 Å². The van der Waals surface area contributed by atoms with Crippen LogP contribution in [0, 0.1) is 0 Å². The largest absolute Gasteiger partial charge is 0.416 e. The number of hydrazine groups is 1. The molecular weight excluding hydrogens is 381 g/mol. The molecule has 0 unspecified atom stereocenters. The van der Waals surface area contributed by atoms with Gasteiger partial charge in [0.05, 0.1) is 11.1 Å². The lowest BCUT2D eigenvalue weighted by atomic mass is 10.1. The van der Waals surface area contributed by atoms with Crippen LogP contribution in [0.1, 0.15) is 27.0 Å². The molecule has 0 saturated heterocycles. The van der Waals surface area contributed by atoms with Crippen molar-refractivity contribution < 1.29 is 18.0 Å². The predicted octanol–water partition coefficient (Wildman–Crippen LogP) is 3.89. The maximum atomic E-state index is 12.9. The molecule has 1 amide bonds. The second-order valence-corrected chi connectivity index (χ2v) is 6.41. The van der Waals surface area contributed by atoms with Gasteiger partial charge in [0, 0.05) is 37.9 Å². The summed E-state index contributed by atoms with van der Waals surface area (Å²) in [5.74, 6) is -0.337. The van der Waals surface area contributed by atoms with Gasteiger partial charge in [-0.25, -0.2) is 5.01 Å². The number of carbonyl (C=O) groups excluding carboxylic acids is 1. The lowest BCUT2D eigenvalue weighted by molar-refractivity contribution is -0.137. The van der Waals surface area contributed by atoms with Gasteiger partial charge in [0.15, 0.2) is 0 Å². The zero-order valence-corrected chi connectivity index (χ0v) is 15.4. The monoisotopic (exact) mass is 400 g/mol. The molecule has 0 aliphatic carbocycles. The van der Waals surface area contributed by atoms with Gasteiger partial charge in [-0.2, -0.15) is 13.2 Å². The first-order valence-corrected chi connectivity index (χ1v) is 8.93. The third-order valence-electron chi connectivity index (χ3n) is 4.23. The van der Waals surface area contributed by atoms with Crippen molar-refractivity contribution in [2.24, 2.45) is 0 Å². The fourth-order valence-corrected chi connectivity index (χ4v) is 2.76. The van der Waals surface area contributed by atoms with Crippen molar-refractivity contribution in [3.63, 3.8) is 0 Å². The summed E-state index contributed by atoms with van der Waals surface area (Å²) >= 11 is 0. The molecule has 150 valence electrons. The molecule has 5 nitrogen and oxygen atoms in total. The number of hydrogen-bond acceptors (Lipinski definition) is 4. The van der Waals surface area contributed by atoms with E-state index >= 15 is 0 Å². The van der Waals surface area contributed by atoms with Crippen LogP contribution in [0.3, 0.4) is 0 Å². The minimum atomic E-state index is -4.39. The van der Waals surface area contributed by atoms with Crippen LogP contribution >= 0.6 is 0 Å². The normalized spacial score (nSPS) is 11.4. The summed E-state index contributed by atoms with van der Waals surface area (Å²) in [5.41, 5.74) is 3.97. The number of amides is 1. The molecule has 2 heterocycles. The van der Waals surface area contributed by atoms with E-state index in [0.29, 0.717) is 30.6 Å². The molecule has 0 saturated carbocycles. The number of pyridine rings is 2. The van der Waals surface area contributed by atoms with Crippen molar-refractivity contribution in [2.45, 2.75) is 19.1 Å². The van der Waals surface area contributed by atoms with E-state index in [1.165, 1.54) is 12.3 Å². The molecule has 3 aromatic rings. The summed E-state index contributed by atoms with van der Waals surface area (Å²) in [4.78, 5) is 20.4. The van der Waals surface area contributed by atoms with Crippen molar-refractivity contribution in [3.8, 4) is 0 Å². The molecule has 1 N–H and O–H groups in total. The van der Waals surface area contributed by atoms with Gasteiger partial charge in [-0.05, 0) is 47.9 Å². The van der Waals surface area contributed by atoms with Gasteiger partial charge in [0.1, 0.15) is 0 Å². The van der Waals surface area contributed by atoms with E-state index in [0.717, 1.165) is 17.7 Å². The van der Waals surface area contributed by atoms with Gasteiger partial charge in [0.2, 0.25) is 0 Å². The standard InChI is InChI=1S/C21H19F3N4O/c22-21(23,24)19-5-1-3-16(13-19)8-12-28(15-17-6-10-25-11-7-17)27-20(29)18-4-2-9-26-14-18/h1-7,9-11,13-14H,8,12,15H2,(H,27,29). The van der Waals surface area contributed by atoms with Crippen LogP contribution in [0.4, 0.5) is 13.2 Å². The Labute approximate surface area is 166 Å². The summed E-state index contributed by atoms with van der Waals surface area (Å²) in [6.45, 7) is 0.711. The number of alkyl halides is 3. The maximum Gasteiger partial charge on any atom is 0.416 e. The molecule has 0 spiro atoms. The van der Waals surface area contributed by atoms with Crippen LogP contribution in [0.25, 0.3) is 0 Å². The average Bonchev–Trinajstić information content (AvgIpc) is 2.73. The summed E-state index contributed by atoms with van der Waals surface area (Å²) in [7, 11) is 0. The van der Waals surface area contributed by atoms with Gasteiger partial charge in [-0.1, -0.05) is 18.2 Å². The summed E-state index contributed by atoms with van der Waals surface area (Å²) in [6.07, 6.45) is 2.25. The van der Waals surface area contributed by atoms with Gasteiger partial charge in [-0.3, -0.25) is 20.2 Å². The Morgan fingerprint density at radius 2 is 1.76 bits per heavy atom. The molecule has 0 aliphatic rings. The molecule has 0 fully saturated rings. The third kappa shape index (κ3) is 6.11. The number of nitrogens with zero attached hydrogens (tertiary/aromatic N) is 3. The van der Waals surface area contributed by atoms with Gasteiger partial charge in [0.25, 0.3) is 5.91 Å². The van der Waals surface area contributed by atoms with Crippen LogP contribution in [0.2, 0.25) is 0 Å². The number of aromatic nitrogens is 2. The van der Waals surface area contributed by atoms with E-state index in [9.17, 15) is 18.0 Å². The van der Waals surface area contributed by atoms with E-state index in [2.05, 4.69) is 15.4 Å². The number of halogens is 3. The third-order valence-corrected chi connectivity index (χ3v) is 4.23. The zero-order chi connectivity index (χ0) is 20.7. The van der Waals surface area contributed by atoms with Gasteiger partial charge in [-0.15, -0.1) is 0 Å². The molecule has 0 bridgehead atoms. The minimum Gasteiger partial charge on any atom is -0.284 e. The zero-order valence-electron chi connectivity index (χ0n) is 15.4. The molecule has 2 aromatic heterocycles. The van der Waals surface area contributed by atoms with Crippen LogP contribution in [0.5, 0.6) is 0 Å². The fourth-order valence-electron chi connectivity index (χ4n) is 2.76. The number of rotatable bonds is 7. The van der Waals surface area contributed by atoms with Gasteiger partial charge >= 0.3 is 6.18 Å². The quantitative estimate of drug-likeness (QED) is 0.612. The number of carbonyl (C=O) groups is 1. The topological polar surface area (TPSA) is 58.1 Å². The summed E-state index contributed by atoms with van der Waals surface area (Å²) in [5, 5.41) is 1.67. The van der Waals surface area contributed by atoms with Crippen molar-refractivity contribution in [2.75, 3.05) is 6.54 Å². The van der Waals surface area contributed by atoms with E-state index in [1.54, 1.807) is 41.8 Å². The second kappa shape index (κ2) is 9.29. The first kappa shape index (κ1) is 20.5. The average molecular weight is 400 g/mol. The highest BCUT2D eigenvalue weighted by atomic mass is 19.4. The second-order valence-electron chi connectivity index (χ2n) is 6.41. The lowest BCUT2D eigenvalue weighted by Gasteiger charge is -2.23. The molecule has 8 heteroatoms. The molecular formula is C21H19F3N4O. The molecule has 0 aliphatic heterocycles. The smallest absolute Gasteiger partial charge is 0.284 e. The minimum absolute atomic E-state index is 0.329. The molecule has 0 radical (unpaired) electrons. The molecule has 1 aromatic carbocycles. The van der Waals surface area contributed by atoms with Crippen LogP contribution in [-0.4, -0.2) is 27.4 Å². The first-order chi connectivity index (χ1) is 13.9. The summed E-state index contributed by atoms with van der Waals surface area (Å²) < 4.78 is 38.8. The number of hydrogen-bond donors (Lipinski definition) is 1. The Hall–Kier alpha value is -3.26. The fraction of sp³-hybridized carbons (Fsp3) is 0.190. The van der Waals surface area contributed by atoms with E-state index in [-0.39, 0.29) is 5.91 Å².